The largest absolute Gasteiger partial charge is 0.495 e. The van der Waals surface area contributed by atoms with Crippen molar-refractivity contribution in [1.29, 1.82) is 0 Å². The quantitative estimate of drug-likeness (QED) is 0.723. The van der Waals surface area contributed by atoms with Gasteiger partial charge < -0.3 is 19.9 Å². The van der Waals surface area contributed by atoms with Crippen molar-refractivity contribution in [2.75, 3.05) is 17.7 Å². The summed E-state index contributed by atoms with van der Waals surface area (Å²) in [6.45, 7) is 1.72. The minimum atomic E-state index is -0.385. The summed E-state index contributed by atoms with van der Waals surface area (Å²) in [4.78, 5) is 16.2. The normalized spacial score (nSPS) is 10.4. The first-order valence-corrected chi connectivity index (χ1v) is 7.75. The molecule has 0 atom stereocenters. The molecule has 2 amide bonds. The molecule has 0 aliphatic heterocycles. The van der Waals surface area contributed by atoms with Crippen LogP contribution in [0, 0.1) is 6.92 Å². The Hall–Kier alpha value is -3.06. The van der Waals surface area contributed by atoms with Gasteiger partial charge in [0, 0.05) is 23.9 Å². The summed E-state index contributed by atoms with van der Waals surface area (Å²) in [5, 5.41) is 9.70. The van der Waals surface area contributed by atoms with E-state index in [-0.39, 0.29) is 6.03 Å². The summed E-state index contributed by atoms with van der Waals surface area (Å²) in [6, 6.07) is 11.7. The highest BCUT2D eigenvalue weighted by Gasteiger charge is 2.08. The van der Waals surface area contributed by atoms with Crippen molar-refractivity contribution in [3.8, 4) is 17.1 Å². The van der Waals surface area contributed by atoms with Crippen LogP contribution in [0.25, 0.3) is 11.4 Å². The van der Waals surface area contributed by atoms with Crippen LogP contribution < -0.4 is 15.4 Å². The van der Waals surface area contributed by atoms with Crippen molar-refractivity contribution in [3.05, 3.63) is 53.4 Å². The van der Waals surface area contributed by atoms with Gasteiger partial charge in [-0.25, -0.2) is 4.79 Å². The maximum atomic E-state index is 12.1. The third-order valence-electron chi connectivity index (χ3n) is 3.34. The Kier molecular flexibility index (Phi) is 4.85. The number of nitrogens with zero attached hydrogens (tertiary/aromatic N) is 2. The summed E-state index contributed by atoms with van der Waals surface area (Å²) in [7, 11) is 1.53. The molecule has 0 radical (unpaired) electrons. The van der Waals surface area contributed by atoms with E-state index in [1.807, 2.05) is 0 Å². The van der Waals surface area contributed by atoms with Crippen LogP contribution in [-0.4, -0.2) is 23.3 Å². The predicted molar refractivity (Wildman–Crippen MR) is 95.1 cm³/mol. The van der Waals surface area contributed by atoms with E-state index in [0.717, 1.165) is 5.56 Å². The number of aromatic nitrogens is 2. The fourth-order valence-corrected chi connectivity index (χ4v) is 2.41. The number of methoxy groups -OCH3 is 1. The lowest BCUT2D eigenvalue weighted by molar-refractivity contribution is 0.262. The average Bonchev–Trinajstić information content (AvgIpc) is 3.02. The standard InChI is InChI=1S/C17H15ClN4O3/c1-10-19-16(22-25-10)11-3-5-12(6-4-11)20-17(23)21-13-7-8-15(24-2)14(18)9-13/h3-9H,1-2H3,(H2,20,21,23). The molecule has 0 aliphatic carbocycles. The van der Waals surface area contributed by atoms with Crippen molar-refractivity contribution in [2.24, 2.45) is 0 Å². The number of hydrogen-bond acceptors (Lipinski definition) is 5. The molecular formula is C17H15ClN4O3. The number of amides is 2. The molecule has 1 aromatic heterocycles. The molecule has 0 fully saturated rings. The van der Waals surface area contributed by atoms with Crippen molar-refractivity contribution in [2.45, 2.75) is 6.92 Å². The molecular weight excluding hydrogens is 344 g/mol. The van der Waals surface area contributed by atoms with Gasteiger partial charge in [-0.3, -0.25) is 0 Å². The number of anilines is 2. The monoisotopic (exact) mass is 358 g/mol. The number of aryl methyl sites for hydroxylation is 1. The number of halogens is 1. The van der Waals surface area contributed by atoms with Gasteiger partial charge in [0.25, 0.3) is 0 Å². The molecule has 0 spiro atoms. The Balaban J connectivity index is 1.64. The van der Waals surface area contributed by atoms with Gasteiger partial charge in [0.1, 0.15) is 5.75 Å². The van der Waals surface area contributed by atoms with E-state index in [9.17, 15) is 4.79 Å². The minimum absolute atomic E-state index is 0.385. The van der Waals surface area contributed by atoms with Crippen LogP contribution in [0.3, 0.4) is 0 Å². The molecule has 0 saturated carbocycles. The van der Waals surface area contributed by atoms with Crippen molar-refractivity contribution in [3.63, 3.8) is 0 Å². The van der Waals surface area contributed by atoms with Crippen molar-refractivity contribution in [1.82, 2.24) is 10.1 Å². The summed E-state index contributed by atoms with van der Waals surface area (Å²) in [5.74, 6) is 1.54. The Morgan fingerprint density at radius 1 is 1.12 bits per heavy atom. The van der Waals surface area contributed by atoms with Crippen molar-refractivity contribution >= 4 is 29.0 Å². The van der Waals surface area contributed by atoms with Crippen LogP contribution in [0.5, 0.6) is 5.75 Å². The number of hydrogen-bond donors (Lipinski definition) is 2. The Morgan fingerprint density at radius 3 is 2.40 bits per heavy atom. The molecule has 2 N–H and O–H groups in total. The maximum Gasteiger partial charge on any atom is 0.323 e. The molecule has 0 bridgehead atoms. The van der Waals surface area contributed by atoms with Crippen LogP contribution in [0.4, 0.5) is 16.2 Å². The number of nitrogens with one attached hydrogen (secondary N) is 2. The van der Waals surface area contributed by atoms with E-state index in [4.69, 9.17) is 20.9 Å². The zero-order valence-corrected chi connectivity index (χ0v) is 14.3. The number of carbonyl (C=O) groups excluding carboxylic acids is 1. The fourth-order valence-electron chi connectivity index (χ4n) is 2.16. The number of urea groups is 1. The highest BCUT2D eigenvalue weighted by molar-refractivity contribution is 6.32. The first-order chi connectivity index (χ1) is 12.0. The first-order valence-electron chi connectivity index (χ1n) is 7.37. The molecule has 128 valence electrons. The van der Waals surface area contributed by atoms with E-state index in [0.29, 0.717) is 33.9 Å². The summed E-state index contributed by atoms with van der Waals surface area (Å²) in [6.07, 6.45) is 0. The highest BCUT2D eigenvalue weighted by Crippen LogP contribution is 2.27. The zero-order valence-electron chi connectivity index (χ0n) is 13.5. The second-order valence-electron chi connectivity index (χ2n) is 5.14. The van der Waals surface area contributed by atoms with Gasteiger partial charge in [0.15, 0.2) is 0 Å². The lowest BCUT2D eigenvalue weighted by Gasteiger charge is -2.09. The van der Waals surface area contributed by atoms with Crippen LogP contribution in [0.15, 0.2) is 47.0 Å². The molecule has 25 heavy (non-hydrogen) atoms. The van der Waals surface area contributed by atoms with Crippen LogP contribution >= 0.6 is 11.6 Å². The number of rotatable bonds is 4. The molecule has 0 saturated heterocycles. The van der Waals surface area contributed by atoms with E-state index < -0.39 is 0 Å². The summed E-state index contributed by atoms with van der Waals surface area (Å²) >= 11 is 6.03. The maximum absolute atomic E-state index is 12.1. The van der Waals surface area contributed by atoms with E-state index in [2.05, 4.69) is 20.8 Å². The van der Waals surface area contributed by atoms with Gasteiger partial charge in [-0.05, 0) is 42.5 Å². The second kappa shape index (κ2) is 7.23. The lowest BCUT2D eigenvalue weighted by Crippen LogP contribution is -2.19. The number of carbonyl (C=O) groups is 1. The van der Waals surface area contributed by atoms with Crippen molar-refractivity contribution < 1.29 is 14.1 Å². The molecule has 3 aromatic rings. The average molecular weight is 359 g/mol. The third kappa shape index (κ3) is 4.07. The van der Waals surface area contributed by atoms with Gasteiger partial charge in [0.05, 0.1) is 12.1 Å². The molecule has 8 heteroatoms. The fraction of sp³-hybridized carbons (Fsp3) is 0.118. The Labute approximate surface area is 149 Å². The Bertz CT molecular complexity index is 893. The minimum Gasteiger partial charge on any atom is -0.495 e. The molecule has 0 aliphatic rings. The summed E-state index contributed by atoms with van der Waals surface area (Å²) < 4.78 is 10.0. The van der Waals surface area contributed by atoms with Crippen LogP contribution in [0.2, 0.25) is 5.02 Å². The van der Waals surface area contributed by atoms with Crippen LogP contribution in [-0.2, 0) is 0 Å². The molecule has 3 rings (SSSR count). The molecule has 0 unspecified atom stereocenters. The number of ether oxygens (including phenoxy) is 1. The lowest BCUT2D eigenvalue weighted by atomic mass is 10.2. The molecule has 7 nitrogen and oxygen atoms in total. The summed E-state index contributed by atoms with van der Waals surface area (Å²) in [5.41, 5.74) is 1.98. The van der Waals surface area contributed by atoms with Gasteiger partial charge in [-0.15, -0.1) is 0 Å². The second-order valence-corrected chi connectivity index (χ2v) is 5.55. The number of benzene rings is 2. The Morgan fingerprint density at radius 2 is 1.80 bits per heavy atom. The van der Waals surface area contributed by atoms with Crippen LogP contribution in [0.1, 0.15) is 5.89 Å². The SMILES string of the molecule is COc1ccc(NC(=O)Nc2ccc(-c3noc(C)n3)cc2)cc1Cl. The molecule has 2 aromatic carbocycles. The topological polar surface area (TPSA) is 89.3 Å². The highest BCUT2D eigenvalue weighted by atomic mass is 35.5. The van der Waals surface area contributed by atoms with Gasteiger partial charge in [-0.1, -0.05) is 16.8 Å². The van der Waals surface area contributed by atoms with E-state index in [1.54, 1.807) is 49.4 Å². The van der Waals surface area contributed by atoms with Gasteiger partial charge >= 0.3 is 6.03 Å². The first kappa shape index (κ1) is 16.8. The van der Waals surface area contributed by atoms with Gasteiger partial charge in [-0.2, -0.15) is 4.98 Å². The van der Waals surface area contributed by atoms with E-state index in [1.165, 1.54) is 7.11 Å². The van der Waals surface area contributed by atoms with Gasteiger partial charge in [0.2, 0.25) is 11.7 Å². The third-order valence-corrected chi connectivity index (χ3v) is 3.63. The zero-order chi connectivity index (χ0) is 17.8. The smallest absolute Gasteiger partial charge is 0.323 e. The predicted octanol–water partition coefficient (Wildman–Crippen LogP) is 4.35. The molecule has 1 heterocycles. The van der Waals surface area contributed by atoms with E-state index >= 15 is 0 Å².